The Hall–Kier alpha value is -3.38. The third kappa shape index (κ3) is 4.64. The molecule has 0 amide bonds. The molecule has 168 valence electrons. The molecule has 0 fully saturated rings. The van der Waals surface area contributed by atoms with E-state index in [0.29, 0.717) is 17.8 Å². The lowest BCUT2D eigenvalue weighted by atomic mass is 9.78. The quantitative estimate of drug-likeness (QED) is 0.372. The second-order valence-corrected chi connectivity index (χ2v) is 10.2. The zero-order chi connectivity index (χ0) is 22.7. The Balaban J connectivity index is 1.03. The first-order valence-corrected chi connectivity index (χ1v) is 12.8. The summed E-state index contributed by atoms with van der Waals surface area (Å²) in [4.78, 5) is 0. The molecule has 3 aromatic rings. The van der Waals surface area contributed by atoms with E-state index in [0.717, 1.165) is 25.7 Å². The van der Waals surface area contributed by atoms with E-state index in [1.165, 1.54) is 45.0 Å². The van der Waals surface area contributed by atoms with Gasteiger partial charge in [-0.1, -0.05) is 121 Å². The SMILES string of the molecule is C1=CC(C2C=CC(CC3C=Cc4ccccc4C3)=CC2)CC=C1Cc1ccc2ccccc2c1. The maximum absolute atomic E-state index is 2.50. The van der Waals surface area contributed by atoms with Gasteiger partial charge < -0.3 is 0 Å². The highest BCUT2D eigenvalue weighted by Crippen LogP contribution is 2.34. The van der Waals surface area contributed by atoms with Crippen molar-refractivity contribution in [2.75, 3.05) is 0 Å². The van der Waals surface area contributed by atoms with Crippen molar-refractivity contribution >= 4 is 16.8 Å². The molecule has 34 heavy (non-hydrogen) atoms. The highest BCUT2D eigenvalue weighted by molar-refractivity contribution is 5.83. The molecule has 3 atom stereocenters. The standard InChI is InChI=1S/C34H32/c1-3-7-33-23-27(13-19-29(33)5-1)21-25-9-15-31(16-10-25)32-17-11-26(12-18-32)22-28-14-20-30-6-2-4-8-34(30)24-28/h1-15,17,19-20,23,28,31-32H,16,18,21-22,24H2. The van der Waals surface area contributed by atoms with Crippen LogP contribution in [0.5, 0.6) is 0 Å². The molecule has 0 bridgehead atoms. The van der Waals surface area contributed by atoms with Crippen LogP contribution in [0, 0.1) is 17.8 Å². The van der Waals surface area contributed by atoms with Crippen LogP contribution >= 0.6 is 0 Å². The lowest BCUT2D eigenvalue weighted by Crippen LogP contribution is -2.15. The Morgan fingerprint density at radius 3 is 2.18 bits per heavy atom. The van der Waals surface area contributed by atoms with Gasteiger partial charge in [-0.2, -0.15) is 0 Å². The van der Waals surface area contributed by atoms with E-state index in [1.807, 2.05) is 0 Å². The summed E-state index contributed by atoms with van der Waals surface area (Å²) in [5.41, 5.74) is 7.25. The molecular formula is C34H32. The van der Waals surface area contributed by atoms with Gasteiger partial charge >= 0.3 is 0 Å². The number of fused-ring (bicyclic) bond motifs is 2. The van der Waals surface area contributed by atoms with Crippen molar-refractivity contribution in [2.45, 2.75) is 32.1 Å². The van der Waals surface area contributed by atoms with E-state index in [1.54, 1.807) is 0 Å². The Bertz CT molecular complexity index is 1340. The zero-order valence-electron chi connectivity index (χ0n) is 19.7. The van der Waals surface area contributed by atoms with Crippen LogP contribution in [0.4, 0.5) is 0 Å². The topological polar surface area (TPSA) is 0 Å². The van der Waals surface area contributed by atoms with Crippen LogP contribution < -0.4 is 0 Å². The molecule has 0 aromatic heterocycles. The summed E-state index contributed by atoms with van der Waals surface area (Å²) >= 11 is 0. The fourth-order valence-electron chi connectivity index (χ4n) is 5.78. The maximum atomic E-state index is 2.50. The molecule has 0 spiro atoms. The van der Waals surface area contributed by atoms with E-state index < -0.39 is 0 Å². The predicted molar refractivity (Wildman–Crippen MR) is 146 cm³/mol. The summed E-state index contributed by atoms with van der Waals surface area (Å²) in [5, 5.41) is 2.65. The third-order valence-electron chi connectivity index (χ3n) is 7.77. The van der Waals surface area contributed by atoms with Crippen molar-refractivity contribution in [1.82, 2.24) is 0 Å². The van der Waals surface area contributed by atoms with Crippen LogP contribution in [0.25, 0.3) is 16.8 Å². The lowest BCUT2D eigenvalue weighted by molar-refractivity contribution is 0.472. The number of hydrogen-bond acceptors (Lipinski definition) is 0. The summed E-state index contributed by atoms with van der Waals surface area (Å²) in [6.45, 7) is 0. The molecule has 3 aliphatic carbocycles. The molecular weight excluding hydrogens is 408 g/mol. The molecule has 0 heterocycles. The van der Waals surface area contributed by atoms with Crippen molar-refractivity contribution in [3.63, 3.8) is 0 Å². The largest absolute Gasteiger partial charge is 0.0807 e. The summed E-state index contributed by atoms with van der Waals surface area (Å²) < 4.78 is 0. The average molecular weight is 441 g/mol. The maximum Gasteiger partial charge on any atom is -0.00288 e. The second kappa shape index (κ2) is 9.47. The summed E-state index contributed by atoms with van der Waals surface area (Å²) in [5.74, 6) is 1.87. The first kappa shape index (κ1) is 21.2. The van der Waals surface area contributed by atoms with Gasteiger partial charge in [0.05, 0.1) is 0 Å². The third-order valence-corrected chi connectivity index (χ3v) is 7.77. The molecule has 0 heteroatoms. The molecule has 0 saturated heterocycles. The second-order valence-electron chi connectivity index (χ2n) is 10.2. The number of hydrogen-bond donors (Lipinski definition) is 0. The molecule has 6 rings (SSSR count). The lowest BCUT2D eigenvalue weighted by Gasteiger charge is -2.26. The number of rotatable bonds is 5. The predicted octanol–water partition coefficient (Wildman–Crippen LogP) is 8.66. The molecule has 3 unspecified atom stereocenters. The fourth-order valence-corrected chi connectivity index (χ4v) is 5.78. The first-order chi connectivity index (χ1) is 16.8. The highest BCUT2D eigenvalue weighted by atomic mass is 14.3. The van der Waals surface area contributed by atoms with Gasteiger partial charge in [0.25, 0.3) is 0 Å². The Labute approximate surface area is 203 Å². The van der Waals surface area contributed by atoms with E-state index in [-0.39, 0.29) is 0 Å². The average Bonchev–Trinajstić information content (AvgIpc) is 2.89. The molecule has 0 nitrogen and oxygen atoms in total. The molecule has 3 aliphatic rings. The smallest absolute Gasteiger partial charge is 0.00288 e. The minimum Gasteiger partial charge on any atom is -0.0807 e. The van der Waals surface area contributed by atoms with E-state index in [4.69, 9.17) is 0 Å². The van der Waals surface area contributed by atoms with Gasteiger partial charge in [0.2, 0.25) is 0 Å². The number of allylic oxidation sites excluding steroid dienone is 9. The van der Waals surface area contributed by atoms with E-state index in [9.17, 15) is 0 Å². The summed E-state index contributed by atoms with van der Waals surface area (Å²) in [6, 6.07) is 24.3. The van der Waals surface area contributed by atoms with Crippen LogP contribution in [0.3, 0.4) is 0 Å². The number of benzene rings is 3. The molecule has 3 aromatic carbocycles. The van der Waals surface area contributed by atoms with Crippen molar-refractivity contribution < 1.29 is 0 Å². The fraction of sp³-hybridized carbons (Fsp3) is 0.235. The monoisotopic (exact) mass is 440 g/mol. The molecule has 0 N–H and O–H groups in total. The highest BCUT2D eigenvalue weighted by Gasteiger charge is 2.21. The minimum atomic E-state index is 0.621. The van der Waals surface area contributed by atoms with Gasteiger partial charge in [-0.05, 0) is 82.9 Å². The first-order valence-electron chi connectivity index (χ1n) is 12.8. The van der Waals surface area contributed by atoms with Gasteiger partial charge in [-0.3, -0.25) is 0 Å². The molecule has 0 aliphatic heterocycles. The molecule has 0 radical (unpaired) electrons. The van der Waals surface area contributed by atoms with Crippen LogP contribution in [0.15, 0.2) is 120 Å². The van der Waals surface area contributed by atoms with E-state index in [2.05, 4.69) is 115 Å². The summed E-state index contributed by atoms with van der Waals surface area (Å²) in [7, 11) is 0. The Kier molecular flexibility index (Phi) is 5.90. The van der Waals surface area contributed by atoms with Crippen LogP contribution in [-0.2, 0) is 12.8 Å². The van der Waals surface area contributed by atoms with Gasteiger partial charge in [-0.25, -0.2) is 0 Å². The van der Waals surface area contributed by atoms with Gasteiger partial charge in [0.15, 0.2) is 0 Å². The van der Waals surface area contributed by atoms with Crippen molar-refractivity contribution in [3.05, 3.63) is 137 Å². The van der Waals surface area contributed by atoms with Crippen LogP contribution in [0.2, 0.25) is 0 Å². The molecule has 0 saturated carbocycles. The van der Waals surface area contributed by atoms with Gasteiger partial charge in [-0.15, -0.1) is 0 Å². The van der Waals surface area contributed by atoms with Crippen LogP contribution in [0.1, 0.15) is 36.0 Å². The normalized spacial score (nSPS) is 23.5. The van der Waals surface area contributed by atoms with Crippen molar-refractivity contribution in [2.24, 2.45) is 17.8 Å². The zero-order valence-corrected chi connectivity index (χ0v) is 19.7. The van der Waals surface area contributed by atoms with Crippen molar-refractivity contribution in [1.29, 1.82) is 0 Å². The van der Waals surface area contributed by atoms with Gasteiger partial charge in [0.1, 0.15) is 0 Å². The minimum absolute atomic E-state index is 0.621. The summed E-state index contributed by atoms with van der Waals surface area (Å²) in [6.07, 6.45) is 25.1. The Morgan fingerprint density at radius 2 is 1.38 bits per heavy atom. The van der Waals surface area contributed by atoms with Crippen LogP contribution in [-0.4, -0.2) is 0 Å². The van der Waals surface area contributed by atoms with Gasteiger partial charge in [0, 0.05) is 0 Å². The van der Waals surface area contributed by atoms with Crippen molar-refractivity contribution in [3.8, 4) is 0 Å². The Morgan fingerprint density at radius 1 is 0.647 bits per heavy atom. The van der Waals surface area contributed by atoms with E-state index >= 15 is 0 Å².